The van der Waals surface area contributed by atoms with Crippen molar-refractivity contribution >= 4 is 5.69 Å². The minimum atomic E-state index is -0.447. The molecule has 1 N–H and O–H groups in total. The summed E-state index contributed by atoms with van der Waals surface area (Å²) in [6, 6.07) is 13.0. The SMILES string of the molecule is O=[N+]([O-])c1ccc(-c2[nH]c(C3CC3)nc2-c2ccccc2)nc1. The summed E-state index contributed by atoms with van der Waals surface area (Å²) < 4.78 is 0. The normalized spacial score (nSPS) is 13.9. The average Bonchev–Trinajstić information content (AvgIpc) is 3.34. The van der Waals surface area contributed by atoms with E-state index in [0.717, 1.165) is 35.6 Å². The fraction of sp³-hybridized carbons (Fsp3) is 0.176. The van der Waals surface area contributed by atoms with E-state index in [9.17, 15) is 10.1 Å². The summed E-state index contributed by atoms with van der Waals surface area (Å²) in [7, 11) is 0. The van der Waals surface area contributed by atoms with E-state index in [2.05, 4.69) is 9.97 Å². The highest BCUT2D eigenvalue weighted by Crippen LogP contribution is 2.41. The quantitative estimate of drug-likeness (QED) is 0.584. The van der Waals surface area contributed by atoms with Crippen molar-refractivity contribution in [3.8, 4) is 22.6 Å². The first-order valence-corrected chi connectivity index (χ1v) is 7.48. The lowest BCUT2D eigenvalue weighted by Crippen LogP contribution is -1.91. The summed E-state index contributed by atoms with van der Waals surface area (Å²) in [6.07, 6.45) is 3.57. The molecule has 0 aliphatic heterocycles. The Hall–Kier alpha value is -3.02. The number of imidazole rings is 1. The summed E-state index contributed by atoms with van der Waals surface area (Å²) in [5, 5.41) is 10.8. The monoisotopic (exact) mass is 306 g/mol. The van der Waals surface area contributed by atoms with Gasteiger partial charge >= 0.3 is 0 Å². The molecule has 1 saturated carbocycles. The van der Waals surface area contributed by atoms with Gasteiger partial charge in [-0.15, -0.1) is 0 Å². The smallest absolute Gasteiger partial charge is 0.287 e. The Morgan fingerprint density at radius 3 is 2.52 bits per heavy atom. The van der Waals surface area contributed by atoms with Gasteiger partial charge in [-0.2, -0.15) is 0 Å². The highest BCUT2D eigenvalue weighted by molar-refractivity contribution is 5.77. The van der Waals surface area contributed by atoms with Crippen LogP contribution >= 0.6 is 0 Å². The van der Waals surface area contributed by atoms with Gasteiger partial charge in [-0.1, -0.05) is 30.3 Å². The molecular formula is C17H14N4O2. The molecule has 6 nitrogen and oxygen atoms in total. The highest BCUT2D eigenvalue weighted by Gasteiger charge is 2.28. The fourth-order valence-electron chi connectivity index (χ4n) is 2.57. The highest BCUT2D eigenvalue weighted by atomic mass is 16.6. The molecule has 1 fully saturated rings. The van der Waals surface area contributed by atoms with Crippen LogP contribution in [-0.4, -0.2) is 19.9 Å². The summed E-state index contributed by atoms with van der Waals surface area (Å²) in [4.78, 5) is 22.7. The Labute approximate surface area is 132 Å². The van der Waals surface area contributed by atoms with E-state index >= 15 is 0 Å². The van der Waals surface area contributed by atoms with Crippen LogP contribution in [0.4, 0.5) is 5.69 Å². The lowest BCUT2D eigenvalue weighted by molar-refractivity contribution is -0.385. The summed E-state index contributed by atoms with van der Waals surface area (Å²) >= 11 is 0. The maximum Gasteiger partial charge on any atom is 0.287 e. The van der Waals surface area contributed by atoms with Gasteiger partial charge in [-0.25, -0.2) is 9.97 Å². The third-order valence-electron chi connectivity index (χ3n) is 3.95. The standard InChI is InChI=1S/C17H14N4O2/c22-21(23)13-8-9-14(18-10-13)16-15(11-4-2-1-3-5-11)19-17(20-16)12-6-7-12/h1-5,8-10,12H,6-7H2,(H,19,20). The van der Waals surface area contributed by atoms with Crippen LogP contribution in [0.1, 0.15) is 24.6 Å². The molecule has 1 aliphatic carbocycles. The molecule has 0 bridgehead atoms. The molecule has 0 unspecified atom stereocenters. The molecule has 114 valence electrons. The first-order valence-electron chi connectivity index (χ1n) is 7.48. The number of pyridine rings is 1. The van der Waals surface area contributed by atoms with E-state index in [-0.39, 0.29) is 5.69 Å². The molecule has 23 heavy (non-hydrogen) atoms. The largest absolute Gasteiger partial charge is 0.340 e. The van der Waals surface area contributed by atoms with Crippen molar-refractivity contribution in [1.29, 1.82) is 0 Å². The Bertz CT molecular complexity index is 852. The second kappa shape index (κ2) is 5.31. The molecule has 0 spiro atoms. The van der Waals surface area contributed by atoms with Crippen molar-refractivity contribution in [2.24, 2.45) is 0 Å². The van der Waals surface area contributed by atoms with E-state index in [1.165, 1.54) is 12.3 Å². The second-order valence-electron chi connectivity index (χ2n) is 5.64. The molecule has 0 radical (unpaired) electrons. The number of benzene rings is 1. The summed E-state index contributed by atoms with van der Waals surface area (Å²) in [6.45, 7) is 0. The number of nitrogens with one attached hydrogen (secondary N) is 1. The second-order valence-corrected chi connectivity index (χ2v) is 5.64. The zero-order valence-corrected chi connectivity index (χ0v) is 12.3. The van der Waals surface area contributed by atoms with Gasteiger partial charge in [0.05, 0.1) is 22.0 Å². The topological polar surface area (TPSA) is 84.7 Å². The molecule has 0 amide bonds. The number of aromatic amines is 1. The van der Waals surface area contributed by atoms with Crippen molar-refractivity contribution in [2.45, 2.75) is 18.8 Å². The Balaban J connectivity index is 1.81. The fourth-order valence-corrected chi connectivity index (χ4v) is 2.57. The lowest BCUT2D eigenvalue weighted by Gasteiger charge is -2.02. The zero-order valence-electron chi connectivity index (χ0n) is 12.3. The van der Waals surface area contributed by atoms with Gasteiger partial charge < -0.3 is 4.98 Å². The first kappa shape index (κ1) is 13.6. The molecule has 0 atom stereocenters. The van der Waals surface area contributed by atoms with Crippen molar-refractivity contribution in [2.75, 3.05) is 0 Å². The summed E-state index contributed by atoms with van der Waals surface area (Å²) in [5.74, 6) is 1.46. The van der Waals surface area contributed by atoms with Crippen LogP contribution in [0.15, 0.2) is 48.7 Å². The van der Waals surface area contributed by atoms with Crippen LogP contribution in [0.3, 0.4) is 0 Å². The van der Waals surface area contributed by atoms with Gasteiger partial charge in [0.1, 0.15) is 12.0 Å². The molecule has 2 aromatic heterocycles. The van der Waals surface area contributed by atoms with Gasteiger partial charge in [0.15, 0.2) is 0 Å². The van der Waals surface area contributed by atoms with Crippen LogP contribution in [0.2, 0.25) is 0 Å². The van der Waals surface area contributed by atoms with E-state index in [0.29, 0.717) is 11.6 Å². The first-order chi connectivity index (χ1) is 11.2. The van der Waals surface area contributed by atoms with E-state index in [4.69, 9.17) is 4.98 Å². The van der Waals surface area contributed by atoms with Crippen LogP contribution in [0, 0.1) is 10.1 Å². The van der Waals surface area contributed by atoms with Crippen LogP contribution < -0.4 is 0 Å². The van der Waals surface area contributed by atoms with Crippen molar-refractivity contribution < 1.29 is 4.92 Å². The van der Waals surface area contributed by atoms with Crippen molar-refractivity contribution in [1.82, 2.24) is 15.0 Å². The molecule has 3 aromatic rings. The average molecular weight is 306 g/mol. The molecule has 4 rings (SSSR count). The Morgan fingerprint density at radius 2 is 1.91 bits per heavy atom. The predicted octanol–water partition coefficient (Wildman–Crippen LogP) is 3.92. The van der Waals surface area contributed by atoms with E-state index < -0.39 is 4.92 Å². The third-order valence-corrected chi connectivity index (χ3v) is 3.95. The number of aromatic nitrogens is 3. The predicted molar refractivity (Wildman–Crippen MR) is 85.9 cm³/mol. The number of rotatable bonds is 4. The number of hydrogen-bond donors (Lipinski definition) is 1. The number of H-pyrrole nitrogens is 1. The maximum atomic E-state index is 10.8. The van der Waals surface area contributed by atoms with Crippen molar-refractivity contribution in [3.63, 3.8) is 0 Å². The van der Waals surface area contributed by atoms with Crippen LogP contribution in [0.5, 0.6) is 0 Å². The minimum Gasteiger partial charge on any atom is -0.340 e. The molecule has 0 saturated heterocycles. The zero-order chi connectivity index (χ0) is 15.8. The maximum absolute atomic E-state index is 10.8. The summed E-state index contributed by atoms with van der Waals surface area (Å²) in [5.41, 5.74) is 3.30. The molecule has 1 aliphatic rings. The van der Waals surface area contributed by atoms with E-state index in [1.807, 2.05) is 30.3 Å². The number of hydrogen-bond acceptors (Lipinski definition) is 4. The van der Waals surface area contributed by atoms with E-state index in [1.54, 1.807) is 6.07 Å². The molecule has 2 heterocycles. The van der Waals surface area contributed by atoms with Crippen molar-refractivity contribution in [3.05, 3.63) is 64.6 Å². The van der Waals surface area contributed by atoms with Gasteiger partial charge in [-0.3, -0.25) is 10.1 Å². The van der Waals surface area contributed by atoms with Crippen LogP contribution in [-0.2, 0) is 0 Å². The molecule has 1 aromatic carbocycles. The van der Waals surface area contributed by atoms with Gasteiger partial charge in [0.2, 0.25) is 0 Å². The van der Waals surface area contributed by atoms with Crippen LogP contribution in [0.25, 0.3) is 22.6 Å². The molecule has 6 heteroatoms. The Kier molecular flexibility index (Phi) is 3.15. The number of nitro groups is 1. The van der Waals surface area contributed by atoms with Gasteiger partial charge in [-0.05, 0) is 18.9 Å². The molecular weight excluding hydrogens is 292 g/mol. The Morgan fingerprint density at radius 1 is 1.13 bits per heavy atom. The third kappa shape index (κ3) is 2.59. The van der Waals surface area contributed by atoms with Gasteiger partial charge in [0.25, 0.3) is 5.69 Å². The minimum absolute atomic E-state index is 0.0167. The lowest BCUT2D eigenvalue weighted by atomic mass is 10.1. The van der Waals surface area contributed by atoms with Gasteiger partial charge in [0, 0.05) is 17.5 Å². The number of nitrogens with zero attached hydrogens (tertiary/aromatic N) is 3.